The topological polar surface area (TPSA) is 98.5 Å². The predicted octanol–water partition coefficient (Wildman–Crippen LogP) is 4.59. The smallest absolute Gasteiger partial charge is 0.320 e. The van der Waals surface area contributed by atoms with E-state index >= 15 is 0 Å². The van der Waals surface area contributed by atoms with Crippen LogP contribution in [0.5, 0.6) is 11.5 Å². The summed E-state index contributed by atoms with van der Waals surface area (Å²) in [5.41, 5.74) is 1.78. The van der Waals surface area contributed by atoms with E-state index in [1.165, 1.54) is 0 Å². The number of hydrogen-bond acceptors (Lipinski definition) is 7. The maximum atomic E-state index is 12.2. The zero-order chi connectivity index (χ0) is 22.7. The summed E-state index contributed by atoms with van der Waals surface area (Å²) < 4.78 is 16.8. The van der Waals surface area contributed by atoms with Crippen molar-refractivity contribution in [1.82, 2.24) is 15.5 Å². The van der Waals surface area contributed by atoms with Crippen LogP contribution in [0.15, 0.2) is 89.3 Å². The highest BCUT2D eigenvalue weighted by Gasteiger charge is 2.14. The molecule has 0 saturated heterocycles. The third-order valence-electron chi connectivity index (χ3n) is 4.57. The molecule has 2 N–H and O–H groups in total. The highest BCUT2D eigenvalue weighted by atomic mass is 16.5. The number of ether oxygens (including phenoxy) is 2. The van der Waals surface area contributed by atoms with Crippen molar-refractivity contribution in [2.24, 2.45) is 0 Å². The number of hydrogen-bond donors (Lipinski definition) is 2. The van der Waals surface area contributed by atoms with E-state index in [0.29, 0.717) is 37.6 Å². The molecule has 0 aliphatic rings. The Balaban J connectivity index is 1.22. The number of rotatable bonds is 11. The summed E-state index contributed by atoms with van der Waals surface area (Å²) in [6.45, 7) is 1.38. The fraction of sp³-hybridized carbons (Fsp3) is 0.160. The average molecular weight is 444 g/mol. The fourth-order valence-electron chi connectivity index (χ4n) is 2.95. The van der Waals surface area contributed by atoms with Gasteiger partial charge in [0.15, 0.2) is 0 Å². The van der Waals surface area contributed by atoms with Gasteiger partial charge in [-0.05, 0) is 36.2 Å². The third-order valence-corrected chi connectivity index (χ3v) is 4.57. The van der Waals surface area contributed by atoms with E-state index in [4.69, 9.17) is 13.9 Å². The molecule has 0 fully saturated rings. The van der Waals surface area contributed by atoms with Gasteiger partial charge in [-0.25, -0.2) is 0 Å². The van der Waals surface area contributed by atoms with Crippen molar-refractivity contribution < 1.29 is 18.7 Å². The molecule has 0 bridgehead atoms. The van der Waals surface area contributed by atoms with Gasteiger partial charge >= 0.3 is 17.8 Å². The van der Waals surface area contributed by atoms with Gasteiger partial charge in [0.05, 0.1) is 6.61 Å². The number of para-hydroxylation sites is 1. The number of anilines is 2. The lowest BCUT2D eigenvalue weighted by Crippen LogP contribution is -2.25. The Morgan fingerprint density at radius 2 is 1.61 bits per heavy atom. The van der Waals surface area contributed by atoms with Crippen molar-refractivity contribution in [3.05, 3.63) is 96.4 Å². The second-order valence-electron chi connectivity index (χ2n) is 7.11. The summed E-state index contributed by atoms with van der Waals surface area (Å²) >= 11 is 0. The number of nitrogens with one attached hydrogen (secondary N) is 2. The van der Waals surface area contributed by atoms with E-state index in [-0.39, 0.29) is 11.9 Å². The fourth-order valence-corrected chi connectivity index (χ4v) is 2.95. The molecule has 4 rings (SSSR count). The minimum absolute atomic E-state index is 0.113. The number of nitrogens with zero attached hydrogens (tertiary/aromatic N) is 2. The molecule has 1 amide bonds. The molecule has 3 aromatic carbocycles. The molecule has 0 aliphatic heterocycles. The third kappa shape index (κ3) is 6.83. The van der Waals surface area contributed by atoms with Crippen molar-refractivity contribution >= 4 is 17.6 Å². The van der Waals surface area contributed by atoms with Gasteiger partial charge in [-0.2, -0.15) is 0 Å². The Bertz CT molecular complexity index is 1150. The van der Waals surface area contributed by atoms with Crippen molar-refractivity contribution in [3.63, 3.8) is 0 Å². The number of carbonyl (C=O) groups is 1. The molecule has 0 radical (unpaired) electrons. The maximum absolute atomic E-state index is 12.2. The van der Waals surface area contributed by atoms with E-state index in [2.05, 4.69) is 20.8 Å². The van der Waals surface area contributed by atoms with E-state index < -0.39 is 5.91 Å². The highest BCUT2D eigenvalue weighted by molar-refractivity contribution is 5.89. The Morgan fingerprint density at radius 1 is 0.848 bits per heavy atom. The van der Waals surface area contributed by atoms with Gasteiger partial charge in [0, 0.05) is 18.3 Å². The first-order valence-electron chi connectivity index (χ1n) is 10.6. The lowest BCUT2D eigenvalue weighted by Gasteiger charge is -2.08. The molecule has 0 saturated carbocycles. The molecule has 8 nitrogen and oxygen atoms in total. The van der Waals surface area contributed by atoms with Crippen LogP contribution in [0.25, 0.3) is 0 Å². The molecular formula is C25H24N4O4. The van der Waals surface area contributed by atoms with Crippen LogP contribution >= 0.6 is 0 Å². The Kier molecular flexibility index (Phi) is 7.52. The van der Waals surface area contributed by atoms with E-state index in [1.54, 1.807) is 0 Å². The minimum atomic E-state index is -0.435. The van der Waals surface area contributed by atoms with Crippen molar-refractivity contribution in [3.8, 4) is 11.5 Å². The summed E-state index contributed by atoms with van der Waals surface area (Å²) in [6.07, 6.45) is 0.648. The van der Waals surface area contributed by atoms with Crippen LogP contribution in [0.1, 0.15) is 22.7 Å². The van der Waals surface area contributed by atoms with Crippen molar-refractivity contribution in [1.29, 1.82) is 0 Å². The Hall–Kier alpha value is -4.33. The standard InChI is InChI=1S/C25H24N4O4/c30-23(26-15-8-16-31-21-12-5-2-6-13-21)24-28-29-25(33-24)27-20-11-7-14-22(17-20)32-18-19-9-3-1-4-10-19/h1-7,9-14,17H,8,15-16,18H2,(H,26,30)(H,27,29). The van der Waals surface area contributed by atoms with E-state index in [0.717, 1.165) is 11.3 Å². The predicted molar refractivity (Wildman–Crippen MR) is 124 cm³/mol. The van der Waals surface area contributed by atoms with Crippen molar-refractivity contribution in [2.75, 3.05) is 18.5 Å². The number of benzene rings is 3. The zero-order valence-corrected chi connectivity index (χ0v) is 17.9. The van der Waals surface area contributed by atoms with Crippen LogP contribution in [0.3, 0.4) is 0 Å². The van der Waals surface area contributed by atoms with Crippen LogP contribution < -0.4 is 20.1 Å². The average Bonchev–Trinajstić information content (AvgIpc) is 3.32. The summed E-state index contributed by atoms with van der Waals surface area (Å²) in [5.74, 6) is 0.943. The molecule has 1 heterocycles. The normalized spacial score (nSPS) is 10.4. The second kappa shape index (κ2) is 11.3. The molecule has 8 heteroatoms. The van der Waals surface area contributed by atoms with Crippen LogP contribution in [-0.4, -0.2) is 29.3 Å². The van der Waals surface area contributed by atoms with Gasteiger partial charge in [0.2, 0.25) is 0 Å². The molecule has 33 heavy (non-hydrogen) atoms. The first-order chi connectivity index (χ1) is 16.3. The van der Waals surface area contributed by atoms with Gasteiger partial charge in [-0.1, -0.05) is 59.7 Å². The Morgan fingerprint density at radius 3 is 2.42 bits per heavy atom. The van der Waals surface area contributed by atoms with Crippen LogP contribution in [0.2, 0.25) is 0 Å². The lowest BCUT2D eigenvalue weighted by molar-refractivity contribution is 0.0917. The van der Waals surface area contributed by atoms with Gasteiger partial charge in [0.1, 0.15) is 18.1 Å². The lowest BCUT2D eigenvalue weighted by atomic mass is 10.2. The monoisotopic (exact) mass is 444 g/mol. The number of amides is 1. The van der Waals surface area contributed by atoms with Gasteiger partial charge < -0.3 is 24.5 Å². The molecule has 168 valence electrons. The molecular weight excluding hydrogens is 420 g/mol. The quantitative estimate of drug-likeness (QED) is 0.327. The number of aromatic nitrogens is 2. The highest BCUT2D eigenvalue weighted by Crippen LogP contribution is 2.21. The molecule has 0 unspecified atom stereocenters. The van der Waals surface area contributed by atoms with Crippen LogP contribution in [-0.2, 0) is 6.61 Å². The summed E-state index contributed by atoms with van der Waals surface area (Å²) in [4.78, 5) is 12.2. The first kappa shape index (κ1) is 21.9. The molecule has 4 aromatic rings. The summed E-state index contributed by atoms with van der Waals surface area (Å²) in [5, 5.41) is 13.4. The summed E-state index contributed by atoms with van der Waals surface area (Å²) in [7, 11) is 0. The van der Waals surface area contributed by atoms with Crippen molar-refractivity contribution in [2.45, 2.75) is 13.0 Å². The SMILES string of the molecule is O=C(NCCCOc1ccccc1)c1nnc(Nc2cccc(OCc3ccccc3)c2)o1. The molecule has 1 aromatic heterocycles. The first-order valence-corrected chi connectivity index (χ1v) is 10.6. The number of carbonyl (C=O) groups excluding carboxylic acids is 1. The largest absolute Gasteiger partial charge is 0.494 e. The zero-order valence-electron chi connectivity index (χ0n) is 17.9. The molecule has 0 atom stereocenters. The molecule has 0 spiro atoms. The van der Waals surface area contributed by atoms with Gasteiger partial charge in [-0.3, -0.25) is 4.79 Å². The van der Waals surface area contributed by atoms with Crippen LogP contribution in [0, 0.1) is 0 Å². The van der Waals surface area contributed by atoms with Crippen LogP contribution in [0.4, 0.5) is 11.7 Å². The van der Waals surface area contributed by atoms with E-state index in [1.807, 2.05) is 84.9 Å². The van der Waals surface area contributed by atoms with Gasteiger partial charge in [-0.15, -0.1) is 5.10 Å². The molecule has 0 aliphatic carbocycles. The van der Waals surface area contributed by atoms with Gasteiger partial charge in [0.25, 0.3) is 0 Å². The second-order valence-corrected chi connectivity index (χ2v) is 7.11. The Labute approximate surface area is 191 Å². The minimum Gasteiger partial charge on any atom is -0.494 e. The summed E-state index contributed by atoms with van der Waals surface area (Å²) in [6, 6.07) is 26.9. The van der Waals surface area contributed by atoms with E-state index in [9.17, 15) is 4.79 Å². The maximum Gasteiger partial charge on any atom is 0.320 e.